The fraction of sp³-hybridized carbons (Fsp3) is 0.0909. The van der Waals surface area contributed by atoms with E-state index in [1.165, 1.54) is 54.1 Å². The molecular weight excluding hydrogens is 501 g/mol. The van der Waals surface area contributed by atoms with Crippen molar-refractivity contribution in [2.45, 2.75) is 11.8 Å². The highest BCUT2D eigenvalue weighted by molar-refractivity contribution is 9.10. The van der Waals surface area contributed by atoms with Gasteiger partial charge >= 0.3 is 0 Å². The fourth-order valence-electron chi connectivity index (χ4n) is 3.29. The monoisotopic (exact) mass is 517 g/mol. The minimum atomic E-state index is -3.93. The number of ether oxygens (including phenoxy) is 1. The van der Waals surface area contributed by atoms with Crippen LogP contribution < -0.4 is 15.0 Å². The zero-order valence-electron chi connectivity index (χ0n) is 17.0. The van der Waals surface area contributed by atoms with Gasteiger partial charge in [-0.3, -0.25) is 14.1 Å². The summed E-state index contributed by atoms with van der Waals surface area (Å²) >= 11 is 3.10. The lowest BCUT2D eigenvalue weighted by molar-refractivity contribution is 0.411. The molecule has 2 heterocycles. The highest BCUT2D eigenvalue weighted by atomic mass is 79.9. The number of rotatable bonds is 5. The number of sulfonamides is 1. The van der Waals surface area contributed by atoms with E-state index < -0.39 is 21.4 Å². The van der Waals surface area contributed by atoms with Gasteiger partial charge in [0.15, 0.2) is 0 Å². The molecule has 164 valence electrons. The summed E-state index contributed by atoms with van der Waals surface area (Å²) in [7, 11) is -2.51. The maximum absolute atomic E-state index is 14.3. The van der Waals surface area contributed by atoms with E-state index in [-0.39, 0.29) is 26.6 Å². The van der Waals surface area contributed by atoms with Crippen LogP contribution in [0.1, 0.15) is 5.69 Å². The van der Waals surface area contributed by atoms with Crippen LogP contribution in [0.3, 0.4) is 0 Å². The molecule has 0 radical (unpaired) electrons. The van der Waals surface area contributed by atoms with Crippen molar-refractivity contribution in [2.75, 3.05) is 11.8 Å². The number of benzene rings is 2. The van der Waals surface area contributed by atoms with E-state index in [0.717, 1.165) is 0 Å². The van der Waals surface area contributed by atoms with Crippen molar-refractivity contribution >= 4 is 42.7 Å². The zero-order valence-corrected chi connectivity index (χ0v) is 19.4. The summed E-state index contributed by atoms with van der Waals surface area (Å²) in [6.07, 6.45) is 0. The van der Waals surface area contributed by atoms with Gasteiger partial charge in [-0.05, 0) is 65.3 Å². The Morgan fingerprint density at radius 2 is 1.88 bits per heavy atom. The highest BCUT2D eigenvalue weighted by Gasteiger charge is 2.18. The molecule has 2 aromatic carbocycles. The van der Waals surface area contributed by atoms with Crippen LogP contribution in [-0.4, -0.2) is 25.1 Å². The number of methoxy groups -OCH3 is 1. The van der Waals surface area contributed by atoms with Gasteiger partial charge in [-0.25, -0.2) is 17.8 Å². The molecule has 0 atom stereocenters. The Morgan fingerprint density at radius 3 is 2.59 bits per heavy atom. The van der Waals surface area contributed by atoms with Crippen LogP contribution in [0.25, 0.3) is 16.6 Å². The first-order valence-corrected chi connectivity index (χ1v) is 11.6. The van der Waals surface area contributed by atoms with E-state index in [2.05, 4.69) is 25.6 Å². The molecule has 0 aliphatic heterocycles. The van der Waals surface area contributed by atoms with Gasteiger partial charge in [0.1, 0.15) is 17.4 Å². The number of aromatic nitrogens is 2. The Balaban J connectivity index is 1.85. The van der Waals surface area contributed by atoms with Gasteiger partial charge in [0.2, 0.25) is 0 Å². The second kappa shape index (κ2) is 8.36. The van der Waals surface area contributed by atoms with Crippen LogP contribution in [0.4, 0.5) is 10.2 Å². The lowest BCUT2D eigenvalue weighted by Crippen LogP contribution is -2.19. The van der Waals surface area contributed by atoms with Crippen LogP contribution in [0.15, 0.2) is 74.8 Å². The molecule has 0 spiro atoms. The summed E-state index contributed by atoms with van der Waals surface area (Å²) in [6, 6.07) is 14.7. The van der Waals surface area contributed by atoms with Gasteiger partial charge in [0.05, 0.1) is 27.7 Å². The molecule has 10 heteroatoms. The standard InChI is InChI=1S/C22H17BrFN3O4S/c1-13-4-3-5-21(25-13)26-32(29,30)15-7-8-18-14(10-15)6-9-22(28)27(18)19-12-17(24)16(23)11-20(19)31-2/h3-12H,1-2H3,(H,25,26). The first-order chi connectivity index (χ1) is 15.2. The molecular formula is C22H17BrFN3O4S. The largest absolute Gasteiger partial charge is 0.495 e. The molecule has 4 aromatic rings. The van der Waals surface area contributed by atoms with Gasteiger partial charge in [0, 0.05) is 23.2 Å². The summed E-state index contributed by atoms with van der Waals surface area (Å²) < 4.78 is 49.2. The third kappa shape index (κ3) is 4.11. The predicted octanol–water partition coefficient (Wildman–Crippen LogP) is 4.41. The summed E-state index contributed by atoms with van der Waals surface area (Å²) in [5.74, 6) is -0.0966. The van der Waals surface area contributed by atoms with Crippen LogP contribution in [0.5, 0.6) is 5.75 Å². The van der Waals surface area contributed by atoms with E-state index in [1.54, 1.807) is 25.1 Å². The molecule has 0 saturated carbocycles. The van der Waals surface area contributed by atoms with Crippen molar-refractivity contribution in [1.82, 2.24) is 9.55 Å². The van der Waals surface area contributed by atoms with Crippen LogP contribution in [0, 0.1) is 12.7 Å². The highest BCUT2D eigenvalue weighted by Crippen LogP contribution is 2.31. The average Bonchev–Trinajstić information content (AvgIpc) is 2.75. The Labute approximate surface area is 191 Å². The first-order valence-electron chi connectivity index (χ1n) is 9.35. The van der Waals surface area contributed by atoms with Crippen molar-refractivity contribution in [3.63, 3.8) is 0 Å². The van der Waals surface area contributed by atoms with Crippen LogP contribution in [-0.2, 0) is 10.0 Å². The minimum absolute atomic E-state index is 0.00698. The molecule has 0 saturated heterocycles. The van der Waals surface area contributed by atoms with Gasteiger partial charge in [0.25, 0.3) is 15.6 Å². The number of nitrogens with one attached hydrogen (secondary N) is 1. The number of hydrogen-bond donors (Lipinski definition) is 1. The maximum Gasteiger partial charge on any atom is 0.263 e. The number of aryl methyl sites for hydroxylation is 1. The Kier molecular flexibility index (Phi) is 5.74. The SMILES string of the molecule is COc1cc(Br)c(F)cc1-n1c(=O)ccc2cc(S(=O)(=O)Nc3cccc(C)n3)ccc21. The summed E-state index contributed by atoms with van der Waals surface area (Å²) in [5.41, 5.74) is 0.838. The van der Waals surface area contributed by atoms with Crippen molar-refractivity contribution in [3.8, 4) is 11.4 Å². The second-order valence-corrected chi connectivity index (χ2v) is 9.47. The van der Waals surface area contributed by atoms with E-state index in [9.17, 15) is 17.6 Å². The van der Waals surface area contributed by atoms with Crippen molar-refractivity contribution in [1.29, 1.82) is 0 Å². The third-order valence-electron chi connectivity index (χ3n) is 4.77. The number of hydrogen-bond acceptors (Lipinski definition) is 5. The second-order valence-electron chi connectivity index (χ2n) is 6.94. The maximum atomic E-state index is 14.3. The lowest BCUT2D eigenvalue weighted by Gasteiger charge is -2.15. The van der Waals surface area contributed by atoms with Gasteiger partial charge in [-0.1, -0.05) is 6.07 Å². The molecule has 2 aromatic heterocycles. The number of halogens is 2. The van der Waals surface area contributed by atoms with Gasteiger partial charge in [-0.15, -0.1) is 0 Å². The van der Waals surface area contributed by atoms with E-state index in [1.807, 2.05) is 0 Å². The Morgan fingerprint density at radius 1 is 1.09 bits per heavy atom. The summed E-state index contributed by atoms with van der Waals surface area (Å²) in [5, 5.41) is 0.468. The molecule has 1 N–H and O–H groups in total. The van der Waals surface area contributed by atoms with Crippen molar-refractivity contribution < 1.29 is 17.5 Å². The molecule has 0 aliphatic rings. The van der Waals surface area contributed by atoms with Crippen molar-refractivity contribution in [2.24, 2.45) is 0 Å². The number of anilines is 1. The summed E-state index contributed by atoms with van der Waals surface area (Å²) in [6.45, 7) is 1.76. The average molecular weight is 518 g/mol. The number of pyridine rings is 2. The lowest BCUT2D eigenvalue weighted by atomic mass is 10.2. The van der Waals surface area contributed by atoms with E-state index in [0.29, 0.717) is 16.6 Å². The number of fused-ring (bicyclic) bond motifs is 1. The molecule has 4 rings (SSSR count). The fourth-order valence-corrected chi connectivity index (χ4v) is 4.65. The molecule has 0 amide bonds. The normalized spacial score (nSPS) is 11.5. The topological polar surface area (TPSA) is 90.3 Å². The predicted molar refractivity (Wildman–Crippen MR) is 124 cm³/mol. The molecule has 0 bridgehead atoms. The third-order valence-corrected chi connectivity index (χ3v) is 6.73. The Hall–Kier alpha value is -3.24. The molecule has 0 fully saturated rings. The van der Waals surface area contributed by atoms with Crippen LogP contribution in [0.2, 0.25) is 0 Å². The van der Waals surface area contributed by atoms with Gasteiger partial charge in [-0.2, -0.15) is 0 Å². The minimum Gasteiger partial charge on any atom is -0.495 e. The zero-order chi connectivity index (χ0) is 23.0. The van der Waals surface area contributed by atoms with Crippen LogP contribution >= 0.6 is 15.9 Å². The molecule has 32 heavy (non-hydrogen) atoms. The smallest absolute Gasteiger partial charge is 0.263 e. The molecule has 0 unspecified atom stereocenters. The number of nitrogens with zero attached hydrogens (tertiary/aromatic N) is 2. The molecule has 0 aliphatic carbocycles. The molecule has 7 nitrogen and oxygen atoms in total. The Bertz CT molecular complexity index is 1520. The van der Waals surface area contributed by atoms with E-state index >= 15 is 0 Å². The van der Waals surface area contributed by atoms with Gasteiger partial charge < -0.3 is 4.74 Å². The quantitative estimate of drug-likeness (QED) is 0.423. The van der Waals surface area contributed by atoms with E-state index in [4.69, 9.17) is 4.74 Å². The first kappa shape index (κ1) is 22.0. The van der Waals surface area contributed by atoms with Crippen molar-refractivity contribution in [3.05, 3.63) is 87.0 Å². The summed E-state index contributed by atoms with van der Waals surface area (Å²) in [4.78, 5) is 16.8.